The van der Waals surface area contributed by atoms with Gasteiger partial charge in [0.05, 0.1) is 37.3 Å². The van der Waals surface area contributed by atoms with Gasteiger partial charge in [0, 0.05) is 37.3 Å². The zero-order valence-corrected chi connectivity index (χ0v) is 47.4. The number of nitrogens with one attached hydrogen (secondary N) is 8. The van der Waals surface area contributed by atoms with E-state index >= 15 is 0 Å². The maximum absolute atomic E-state index is 14.8. The van der Waals surface area contributed by atoms with Crippen LogP contribution >= 0.6 is 0 Å². The molecule has 0 radical (unpaired) electrons. The van der Waals surface area contributed by atoms with Gasteiger partial charge in [0.25, 0.3) is 0 Å². The van der Waals surface area contributed by atoms with E-state index in [1.54, 1.807) is 47.5 Å². The monoisotopic (exact) mass is 1120 g/mol. The van der Waals surface area contributed by atoms with Crippen molar-refractivity contribution in [3.63, 3.8) is 0 Å². The number of likely N-dealkylation sites (N-methyl/N-ethyl adjacent to an activating group) is 2. The van der Waals surface area contributed by atoms with Crippen LogP contribution in [0.3, 0.4) is 0 Å². The van der Waals surface area contributed by atoms with Crippen LogP contribution in [-0.2, 0) is 28.8 Å². The molecule has 0 unspecified atom stereocenters. The molecular weight excluding hydrogens is 1040 g/mol. The van der Waals surface area contributed by atoms with Crippen LogP contribution in [0.4, 0.5) is 9.59 Å². The highest BCUT2D eigenvalue weighted by molar-refractivity contribution is 5.96. The maximum Gasteiger partial charge on any atom is 0.317 e. The summed E-state index contributed by atoms with van der Waals surface area (Å²) in [6.07, 6.45) is 5.04. The van der Waals surface area contributed by atoms with E-state index in [0.29, 0.717) is 64.2 Å². The first kappa shape index (κ1) is 58.8. The third kappa shape index (κ3) is 13.9. The largest absolute Gasteiger partial charge is 0.343 e. The molecule has 10 amide bonds. The van der Waals surface area contributed by atoms with Crippen molar-refractivity contribution >= 4 is 47.5 Å². The zero-order chi connectivity index (χ0) is 57.9. The topological polar surface area (TPSA) is 246 Å². The number of benzene rings is 4. The first-order valence-electron chi connectivity index (χ1n) is 29.2. The highest BCUT2D eigenvalue weighted by Gasteiger charge is 2.48. The lowest BCUT2D eigenvalue weighted by molar-refractivity contribution is -0.145. The van der Waals surface area contributed by atoms with Gasteiger partial charge in [-0.2, -0.15) is 0 Å². The average Bonchev–Trinajstić information content (AvgIpc) is 4.22. The fourth-order valence-corrected chi connectivity index (χ4v) is 12.4. The Balaban J connectivity index is 0.818. The summed E-state index contributed by atoms with van der Waals surface area (Å²) in [4.78, 5) is 120. The number of hydrogen-bond donors (Lipinski definition) is 8. The minimum Gasteiger partial charge on any atom is -0.343 e. The van der Waals surface area contributed by atoms with Gasteiger partial charge in [0.2, 0.25) is 35.4 Å². The second kappa shape index (κ2) is 27.3. The zero-order valence-electron chi connectivity index (χ0n) is 47.4. The van der Waals surface area contributed by atoms with Crippen molar-refractivity contribution < 1.29 is 38.4 Å². The molecule has 8 N–H and O–H groups in total. The first-order chi connectivity index (χ1) is 39.7. The molecule has 4 aromatic carbocycles. The molecule has 1 saturated carbocycles. The van der Waals surface area contributed by atoms with Crippen molar-refractivity contribution in [2.75, 3.05) is 40.3 Å². The van der Waals surface area contributed by atoms with Crippen LogP contribution in [0, 0.1) is 0 Å². The minimum atomic E-state index is -1.12. The summed E-state index contributed by atoms with van der Waals surface area (Å²) in [6.45, 7) is 3.73. The van der Waals surface area contributed by atoms with E-state index in [0.717, 1.165) is 22.3 Å². The Bertz CT molecular complexity index is 2590. The number of amides is 10. The molecule has 4 aromatic rings. The van der Waals surface area contributed by atoms with Crippen molar-refractivity contribution in [2.45, 2.75) is 151 Å². The van der Waals surface area contributed by atoms with Crippen molar-refractivity contribution in [3.05, 3.63) is 144 Å². The maximum atomic E-state index is 14.8. The molecule has 4 aliphatic heterocycles. The van der Waals surface area contributed by atoms with Crippen LogP contribution in [0.5, 0.6) is 0 Å². The molecule has 82 heavy (non-hydrogen) atoms. The van der Waals surface area contributed by atoms with Gasteiger partial charge in [-0.25, -0.2) is 9.59 Å². The normalized spacial score (nSPS) is 24.6. The standard InChI is InChI=1S/C62H80N12O8/c1-39(63-3)55(75)67-49-37-71(35-33-47-29-31-51(73(47)59(49)79)57(77)69-53(41-17-9-5-10-18-41)42-19-11-6-12-20-42)61(81)65-45-25-27-46(28-26-45)66-62(82)72-36-34-48-30-32-52(74(48)60(80)50(38-72)68-56(76)40(2)64-4)58(78)70-54(43-21-13-7-14-22-43)44-23-15-8-16-24-44/h5-24,39-40,45-54,63-64H,25-38H2,1-4H3,(H,65,81)(H,66,82)(H,67,75)(H,68,76)(H,69,77)(H,70,78)/t39-,40-,45?,46?,47+,48+,49-,50-,51-,52-/m0/s1. The summed E-state index contributed by atoms with van der Waals surface area (Å²) in [6, 6.07) is 30.8. The lowest BCUT2D eigenvalue weighted by Gasteiger charge is -2.40. The molecule has 1 aliphatic carbocycles. The van der Waals surface area contributed by atoms with E-state index in [1.165, 1.54) is 0 Å². The predicted molar refractivity (Wildman–Crippen MR) is 309 cm³/mol. The van der Waals surface area contributed by atoms with Crippen molar-refractivity contribution in [1.82, 2.24) is 62.1 Å². The van der Waals surface area contributed by atoms with Crippen molar-refractivity contribution in [3.8, 4) is 0 Å². The quantitative estimate of drug-likeness (QED) is 0.0806. The second-order valence-corrected chi connectivity index (χ2v) is 22.6. The van der Waals surface area contributed by atoms with Gasteiger partial charge in [-0.05, 0) is 114 Å². The van der Waals surface area contributed by atoms with Crippen molar-refractivity contribution in [2.24, 2.45) is 0 Å². The number of rotatable bonds is 16. The second-order valence-electron chi connectivity index (χ2n) is 22.6. The van der Waals surface area contributed by atoms with Gasteiger partial charge in [-0.15, -0.1) is 0 Å². The summed E-state index contributed by atoms with van der Waals surface area (Å²) >= 11 is 0. The third-order valence-electron chi connectivity index (χ3n) is 17.3. The molecule has 4 saturated heterocycles. The highest BCUT2D eigenvalue weighted by Crippen LogP contribution is 2.34. The van der Waals surface area contributed by atoms with E-state index in [-0.39, 0.29) is 74.2 Å². The van der Waals surface area contributed by atoms with E-state index in [1.807, 2.05) is 121 Å². The number of urea groups is 2. The average molecular weight is 1120 g/mol. The molecule has 5 fully saturated rings. The van der Waals surface area contributed by atoms with Crippen molar-refractivity contribution in [1.29, 1.82) is 0 Å². The van der Waals surface area contributed by atoms with Gasteiger partial charge < -0.3 is 62.1 Å². The molecular formula is C62H80N12O8. The predicted octanol–water partition coefficient (Wildman–Crippen LogP) is 3.84. The van der Waals surface area contributed by atoms with E-state index in [9.17, 15) is 38.4 Å². The van der Waals surface area contributed by atoms with Crippen LogP contribution in [0.15, 0.2) is 121 Å². The Hall–Kier alpha value is -7.84. The molecule has 8 atom stereocenters. The fourth-order valence-electron chi connectivity index (χ4n) is 12.4. The number of nitrogens with zero attached hydrogens (tertiary/aromatic N) is 4. The van der Waals surface area contributed by atoms with Gasteiger partial charge in [0.15, 0.2) is 0 Å². The summed E-state index contributed by atoms with van der Waals surface area (Å²) < 4.78 is 0. The Morgan fingerprint density at radius 3 is 1.05 bits per heavy atom. The lowest BCUT2D eigenvalue weighted by atomic mass is 9.91. The highest BCUT2D eigenvalue weighted by atomic mass is 16.2. The van der Waals surface area contributed by atoms with Gasteiger partial charge in [-0.1, -0.05) is 121 Å². The molecule has 0 bridgehead atoms. The third-order valence-corrected chi connectivity index (χ3v) is 17.3. The number of fused-ring (bicyclic) bond motifs is 2. The summed E-state index contributed by atoms with van der Waals surface area (Å²) in [5.41, 5.74) is 3.60. The van der Waals surface area contributed by atoms with E-state index in [2.05, 4.69) is 42.5 Å². The molecule has 20 nitrogen and oxygen atoms in total. The van der Waals surface area contributed by atoms with Crippen LogP contribution in [0.25, 0.3) is 0 Å². The molecule has 0 aromatic heterocycles. The Morgan fingerprint density at radius 1 is 0.427 bits per heavy atom. The molecule has 20 heteroatoms. The number of hydrogen-bond acceptors (Lipinski definition) is 10. The van der Waals surface area contributed by atoms with Crippen LogP contribution in [-0.4, -0.2) is 168 Å². The van der Waals surface area contributed by atoms with E-state index in [4.69, 9.17) is 0 Å². The van der Waals surface area contributed by atoms with Crippen LogP contribution in [0.2, 0.25) is 0 Å². The fraction of sp³-hybridized carbons (Fsp3) is 0.484. The molecule has 436 valence electrons. The Morgan fingerprint density at radius 2 is 0.744 bits per heavy atom. The number of carbonyl (C=O) groups is 8. The Labute approximate surface area is 480 Å². The summed E-state index contributed by atoms with van der Waals surface area (Å²) in [5, 5.41) is 24.5. The molecule has 5 aliphatic rings. The van der Waals surface area contributed by atoms with Gasteiger partial charge >= 0.3 is 12.1 Å². The lowest BCUT2D eigenvalue weighted by Crippen LogP contribution is -2.63. The molecule has 0 spiro atoms. The number of carbonyl (C=O) groups excluding carboxylic acids is 8. The molecule has 4 heterocycles. The Kier molecular flexibility index (Phi) is 19.6. The van der Waals surface area contributed by atoms with Gasteiger partial charge in [0.1, 0.15) is 24.2 Å². The SMILES string of the molecule is CN[C@@H](C)C(=O)N[C@H]1CN(C(=O)NC2CCC(NC(=O)N3CC[C@H]4CC[C@@H](C(=O)NC(c5ccccc5)c5ccccc5)N4C(=O)[C@@H](NC(=O)[C@H](C)NC)C3)CC2)CC[C@H]2CC[C@@H](C(=O)NC(c3ccccc3)c3ccccc3)N2C1=O. The van der Waals surface area contributed by atoms with Crippen LogP contribution in [0.1, 0.15) is 112 Å². The smallest absolute Gasteiger partial charge is 0.317 e. The van der Waals surface area contributed by atoms with E-state index < -0.39 is 72.0 Å². The van der Waals surface area contributed by atoms with Gasteiger partial charge in [-0.3, -0.25) is 28.8 Å². The van der Waals surface area contributed by atoms with Crippen LogP contribution < -0.4 is 42.5 Å². The summed E-state index contributed by atoms with van der Waals surface area (Å²) in [7, 11) is 3.30. The summed E-state index contributed by atoms with van der Waals surface area (Å²) in [5.74, 6) is -2.24. The first-order valence-corrected chi connectivity index (χ1v) is 29.2. The molecule has 9 rings (SSSR count). The minimum absolute atomic E-state index is 0.102.